The standard InChI is InChI=1S/C33H38N2O8S/c1-7-8-16-42-23-12-9-21(10-13-23)28(36)26-27(22-11-14-24(25(18-22)40-5)43-17-15-19(2)3)35(31(38)29(26)37)33-34-20(4)30(44-33)32(39)41-6/h9-14,18-19,27,36H,7-8,15-17H2,1-6H3/t27-/m1/s1. The first kappa shape index (κ1) is 32.5. The lowest BCUT2D eigenvalue weighted by Crippen LogP contribution is -2.29. The topological polar surface area (TPSA) is 124 Å². The molecule has 1 aromatic heterocycles. The average molecular weight is 623 g/mol. The molecule has 2 heterocycles. The molecule has 10 nitrogen and oxygen atoms in total. The number of nitrogens with zero attached hydrogens (tertiary/aromatic N) is 2. The summed E-state index contributed by atoms with van der Waals surface area (Å²) < 4.78 is 22.2. The Bertz CT molecular complexity index is 1540. The fraction of sp³-hybridized carbons (Fsp3) is 0.394. The van der Waals surface area contributed by atoms with Gasteiger partial charge in [0, 0.05) is 5.56 Å². The number of aryl methyl sites for hydroxylation is 1. The minimum atomic E-state index is -1.08. The summed E-state index contributed by atoms with van der Waals surface area (Å²) in [4.78, 5) is 45.5. The minimum Gasteiger partial charge on any atom is -0.507 e. The number of methoxy groups -OCH3 is 2. The van der Waals surface area contributed by atoms with Crippen LogP contribution in [0.3, 0.4) is 0 Å². The number of benzene rings is 2. The summed E-state index contributed by atoms with van der Waals surface area (Å²) in [5, 5.41) is 11.7. The summed E-state index contributed by atoms with van der Waals surface area (Å²) in [6.07, 6.45) is 2.75. The second kappa shape index (κ2) is 14.4. The zero-order valence-electron chi connectivity index (χ0n) is 25.8. The Morgan fingerprint density at radius 1 is 1.05 bits per heavy atom. The van der Waals surface area contributed by atoms with Crippen molar-refractivity contribution in [3.63, 3.8) is 0 Å². The summed E-state index contributed by atoms with van der Waals surface area (Å²) in [5.41, 5.74) is 1.04. The first-order valence-electron chi connectivity index (χ1n) is 14.5. The molecule has 11 heteroatoms. The fourth-order valence-corrected chi connectivity index (χ4v) is 5.70. The highest BCUT2D eigenvalue weighted by molar-refractivity contribution is 7.17. The molecule has 234 valence electrons. The van der Waals surface area contributed by atoms with E-state index in [1.54, 1.807) is 49.4 Å². The number of thiazole rings is 1. The van der Waals surface area contributed by atoms with Crippen LogP contribution in [0.25, 0.3) is 5.76 Å². The lowest BCUT2D eigenvalue weighted by atomic mass is 9.95. The fourth-order valence-electron chi connectivity index (χ4n) is 4.69. The van der Waals surface area contributed by atoms with E-state index in [-0.39, 0.29) is 21.3 Å². The van der Waals surface area contributed by atoms with Crippen LogP contribution in [0, 0.1) is 12.8 Å². The molecule has 1 aliphatic rings. The number of ether oxygens (including phenoxy) is 4. The normalized spacial score (nSPS) is 16.0. The molecule has 0 saturated carbocycles. The number of rotatable bonds is 13. The van der Waals surface area contributed by atoms with Gasteiger partial charge in [-0.05, 0) is 67.6 Å². The molecule has 2 aromatic carbocycles. The van der Waals surface area contributed by atoms with Gasteiger partial charge in [0.15, 0.2) is 16.6 Å². The molecule has 1 saturated heterocycles. The van der Waals surface area contributed by atoms with E-state index in [9.17, 15) is 19.5 Å². The minimum absolute atomic E-state index is 0.116. The van der Waals surface area contributed by atoms with Crippen LogP contribution in [0.4, 0.5) is 5.13 Å². The maximum Gasteiger partial charge on any atom is 0.350 e. The summed E-state index contributed by atoms with van der Waals surface area (Å²) in [6, 6.07) is 10.7. The van der Waals surface area contributed by atoms with Gasteiger partial charge in [-0.25, -0.2) is 9.78 Å². The van der Waals surface area contributed by atoms with E-state index in [4.69, 9.17) is 18.9 Å². The average Bonchev–Trinajstić information content (AvgIpc) is 3.52. The number of esters is 1. The third kappa shape index (κ3) is 6.88. The van der Waals surface area contributed by atoms with Gasteiger partial charge in [0.25, 0.3) is 5.78 Å². The highest BCUT2D eigenvalue weighted by Crippen LogP contribution is 2.45. The van der Waals surface area contributed by atoms with Gasteiger partial charge in [0.05, 0.1) is 44.7 Å². The van der Waals surface area contributed by atoms with E-state index in [0.29, 0.717) is 53.2 Å². The lowest BCUT2D eigenvalue weighted by Gasteiger charge is -2.24. The molecule has 44 heavy (non-hydrogen) atoms. The van der Waals surface area contributed by atoms with E-state index in [1.807, 2.05) is 0 Å². The van der Waals surface area contributed by atoms with Crippen molar-refractivity contribution < 1.29 is 38.4 Å². The Labute approximate surface area is 261 Å². The van der Waals surface area contributed by atoms with Gasteiger partial charge >= 0.3 is 11.9 Å². The number of hydrogen-bond donors (Lipinski definition) is 1. The Kier molecular flexibility index (Phi) is 10.6. The van der Waals surface area contributed by atoms with Gasteiger partial charge < -0.3 is 24.1 Å². The number of Topliss-reactive ketones (excluding diaryl/α,β-unsaturated/α-hetero) is 1. The summed E-state index contributed by atoms with van der Waals surface area (Å²) >= 11 is 0.932. The van der Waals surface area contributed by atoms with Crippen molar-refractivity contribution in [2.75, 3.05) is 32.3 Å². The van der Waals surface area contributed by atoms with Gasteiger partial charge in [-0.1, -0.05) is 44.6 Å². The van der Waals surface area contributed by atoms with Crippen molar-refractivity contribution in [3.8, 4) is 17.2 Å². The molecule has 0 aliphatic carbocycles. The van der Waals surface area contributed by atoms with Crippen LogP contribution < -0.4 is 19.1 Å². The van der Waals surface area contributed by atoms with Gasteiger partial charge in [0.1, 0.15) is 16.4 Å². The number of carbonyl (C=O) groups excluding carboxylic acids is 3. The van der Waals surface area contributed by atoms with E-state index >= 15 is 0 Å². The first-order valence-corrected chi connectivity index (χ1v) is 15.3. The number of amides is 1. The molecule has 4 rings (SSSR count). The number of carbonyl (C=O) groups is 3. The second-order valence-electron chi connectivity index (χ2n) is 10.7. The van der Waals surface area contributed by atoms with Crippen LogP contribution >= 0.6 is 11.3 Å². The van der Waals surface area contributed by atoms with Crippen molar-refractivity contribution in [1.82, 2.24) is 4.98 Å². The van der Waals surface area contributed by atoms with Gasteiger partial charge in [-0.3, -0.25) is 14.5 Å². The molecule has 0 bridgehead atoms. The molecule has 1 aliphatic heterocycles. The molecular weight excluding hydrogens is 584 g/mol. The summed E-state index contributed by atoms with van der Waals surface area (Å²) in [7, 11) is 2.76. The maximum absolute atomic E-state index is 13.6. The van der Waals surface area contributed by atoms with Crippen LogP contribution in [0.2, 0.25) is 0 Å². The predicted octanol–water partition coefficient (Wildman–Crippen LogP) is 6.48. The molecule has 1 N–H and O–H groups in total. The number of aromatic nitrogens is 1. The molecule has 3 aromatic rings. The van der Waals surface area contributed by atoms with Crippen molar-refractivity contribution in [2.45, 2.75) is 53.0 Å². The van der Waals surface area contributed by atoms with E-state index in [2.05, 4.69) is 25.8 Å². The predicted molar refractivity (Wildman–Crippen MR) is 168 cm³/mol. The number of aliphatic hydroxyl groups excluding tert-OH is 1. The van der Waals surface area contributed by atoms with Crippen LogP contribution in [0.15, 0.2) is 48.0 Å². The monoisotopic (exact) mass is 622 g/mol. The van der Waals surface area contributed by atoms with Crippen LogP contribution in [0.1, 0.15) is 72.6 Å². The third-order valence-corrected chi connectivity index (χ3v) is 8.29. The van der Waals surface area contributed by atoms with Crippen LogP contribution in [0.5, 0.6) is 17.2 Å². The smallest absolute Gasteiger partial charge is 0.350 e. The molecule has 0 spiro atoms. The third-order valence-electron chi connectivity index (χ3n) is 7.16. The summed E-state index contributed by atoms with van der Waals surface area (Å²) in [6.45, 7) is 8.94. The zero-order chi connectivity index (χ0) is 32.0. The molecule has 1 atom stereocenters. The number of anilines is 1. The lowest BCUT2D eigenvalue weighted by molar-refractivity contribution is -0.132. The molecule has 0 radical (unpaired) electrons. The van der Waals surface area contributed by atoms with Crippen LogP contribution in [-0.2, 0) is 14.3 Å². The largest absolute Gasteiger partial charge is 0.507 e. The van der Waals surface area contributed by atoms with Crippen molar-refractivity contribution >= 4 is 39.9 Å². The van der Waals surface area contributed by atoms with Gasteiger partial charge in [0.2, 0.25) is 0 Å². The Morgan fingerprint density at radius 3 is 2.41 bits per heavy atom. The zero-order valence-corrected chi connectivity index (χ0v) is 26.7. The number of aliphatic hydroxyl groups is 1. The maximum atomic E-state index is 13.6. The number of hydrogen-bond acceptors (Lipinski definition) is 10. The number of unbranched alkanes of at least 4 members (excludes halogenated alkanes) is 1. The van der Waals surface area contributed by atoms with Crippen molar-refractivity contribution in [2.24, 2.45) is 5.92 Å². The first-order chi connectivity index (χ1) is 21.1. The van der Waals surface area contributed by atoms with E-state index < -0.39 is 23.7 Å². The number of ketones is 1. The van der Waals surface area contributed by atoms with Gasteiger partial charge in [-0.15, -0.1) is 0 Å². The Morgan fingerprint density at radius 2 is 1.77 bits per heavy atom. The van der Waals surface area contributed by atoms with E-state index in [1.165, 1.54) is 19.1 Å². The van der Waals surface area contributed by atoms with Crippen LogP contribution in [-0.4, -0.2) is 55.2 Å². The van der Waals surface area contributed by atoms with Crippen molar-refractivity contribution in [3.05, 3.63) is 69.7 Å². The van der Waals surface area contributed by atoms with Crippen molar-refractivity contribution in [1.29, 1.82) is 0 Å². The molecule has 0 unspecified atom stereocenters. The second-order valence-corrected chi connectivity index (χ2v) is 11.7. The Hall–Kier alpha value is -4.38. The molecule has 1 amide bonds. The quantitative estimate of drug-likeness (QED) is 0.0750. The molecule has 1 fully saturated rings. The van der Waals surface area contributed by atoms with Gasteiger partial charge in [-0.2, -0.15) is 0 Å². The van der Waals surface area contributed by atoms with E-state index in [0.717, 1.165) is 30.6 Å². The Balaban J connectivity index is 1.83. The highest BCUT2D eigenvalue weighted by atomic mass is 32.1. The highest BCUT2D eigenvalue weighted by Gasteiger charge is 2.48. The SMILES string of the molecule is CCCCOc1ccc(C(O)=C2C(=O)C(=O)N(c3nc(C)c(C(=O)OC)s3)[C@@H]2c2ccc(OCCC(C)C)c(OC)c2)cc1. The summed E-state index contributed by atoms with van der Waals surface area (Å²) in [5.74, 6) is -0.760. The molecular formula is C33H38N2O8S.